The Labute approximate surface area is 152 Å². The third-order valence-corrected chi connectivity index (χ3v) is 4.63. The Morgan fingerprint density at radius 1 is 1.31 bits per heavy atom. The summed E-state index contributed by atoms with van der Waals surface area (Å²) in [6.07, 6.45) is -0.550. The molecular weight excluding hydrogens is 341 g/mol. The Balaban J connectivity index is 1.41. The Bertz CT molecular complexity index is 664. The van der Waals surface area contributed by atoms with Crippen molar-refractivity contribution in [1.29, 1.82) is 0 Å². The highest BCUT2D eigenvalue weighted by molar-refractivity contribution is 5.83. The van der Waals surface area contributed by atoms with E-state index in [4.69, 9.17) is 9.47 Å². The van der Waals surface area contributed by atoms with Gasteiger partial charge in [-0.1, -0.05) is 0 Å². The van der Waals surface area contributed by atoms with Crippen LogP contribution in [0.1, 0.15) is 12.5 Å². The monoisotopic (exact) mass is 365 g/mol. The second-order valence-corrected chi connectivity index (χ2v) is 6.43. The lowest BCUT2D eigenvalue weighted by Gasteiger charge is -2.27. The third-order valence-electron chi connectivity index (χ3n) is 4.63. The minimum atomic E-state index is -0.856. The number of hydrogen-bond donors (Lipinski definition) is 1. The molecule has 2 aliphatic rings. The van der Waals surface area contributed by atoms with Crippen molar-refractivity contribution >= 4 is 17.7 Å². The number of anilines is 1. The first-order valence-electron chi connectivity index (χ1n) is 8.89. The molecule has 1 aromatic carbocycles. The zero-order valence-electron chi connectivity index (χ0n) is 14.9. The SMILES string of the molecule is C[C@H](OC(=O)N1CCOCC1)C(=O)NCCN1CCc2cc(F)ccc21. The number of fused-ring (bicyclic) bond motifs is 1. The van der Waals surface area contributed by atoms with Crippen LogP contribution in [0.2, 0.25) is 0 Å². The third kappa shape index (κ3) is 4.43. The van der Waals surface area contributed by atoms with E-state index in [9.17, 15) is 14.0 Å². The summed E-state index contributed by atoms with van der Waals surface area (Å²) in [6.45, 7) is 5.32. The molecule has 1 N–H and O–H groups in total. The molecule has 1 saturated heterocycles. The highest BCUT2D eigenvalue weighted by Crippen LogP contribution is 2.27. The van der Waals surface area contributed by atoms with Crippen LogP contribution in [0, 0.1) is 5.82 Å². The number of ether oxygens (including phenoxy) is 2. The molecule has 7 nitrogen and oxygen atoms in total. The van der Waals surface area contributed by atoms with Crippen molar-refractivity contribution in [3.05, 3.63) is 29.6 Å². The maximum Gasteiger partial charge on any atom is 0.410 e. The van der Waals surface area contributed by atoms with E-state index in [0.717, 1.165) is 24.2 Å². The van der Waals surface area contributed by atoms with Gasteiger partial charge < -0.3 is 24.6 Å². The van der Waals surface area contributed by atoms with Gasteiger partial charge >= 0.3 is 6.09 Å². The smallest absolute Gasteiger partial charge is 0.410 e. The van der Waals surface area contributed by atoms with Gasteiger partial charge in [-0.05, 0) is 37.1 Å². The maximum atomic E-state index is 13.2. The molecule has 2 heterocycles. The topological polar surface area (TPSA) is 71.1 Å². The van der Waals surface area contributed by atoms with Gasteiger partial charge in [-0.25, -0.2) is 9.18 Å². The largest absolute Gasteiger partial charge is 0.436 e. The van der Waals surface area contributed by atoms with E-state index >= 15 is 0 Å². The molecule has 26 heavy (non-hydrogen) atoms. The molecule has 0 bridgehead atoms. The zero-order chi connectivity index (χ0) is 18.5. The van der Waals surface area contributed by atoms with Crippen LogP contribution in [-0.2, 0) is 20.7 Å². The van der Waals surface area contributed by atoms with Crippen molar-refractivity contribution in [2.24, 2.45) is 0 Å². The van der Waals surface area contributed by atoms with Crippen molar-refractivity contribution in [2.45, 2.75) is 19.4 Å². The molecule has 3 rings (SSSR count). The Morgan fingerprint density at radius 3 is 2.85 bits per heavy atom. The van der Waals surface area contributed by atoms with Crippen LogP contribution < -0.4 is 10.2 Å². The summed E-state index contributed by atoms with van der Waals surface area (Å²) in [5, 5.41) is 2.78. The lowest BCUT2D eigenvalue weighted by molar-refractivity contribution is -0.129. The lowest BCUT2D eigenvalue weighted by Crippen LogP contribution is -2.45. The van der Waals surface area contributed by atoms with E-state index in [-0.39, 0.29) is 11.7 Å². The highest BCUT2D eigenvalue weighted by Gasteiger charge is 2.24. The van der Waals surface area contributed by atoms with Gasteiger partial charge in [0.05, 0.1) is 13.2 Å². The summed E-state index contributed by atoms with van der Waals surface area (Å²) in [6, 6.07) is 4.77. The highest BCUT2D eigenvalue weighted by atomic mass is 19.1. The number of benzene rings is 1. The van der Waals surface area contributed by atoms with Crippen LogP contribution in [0.15, 0.2) is 18.2 Å². The van der Waals surface area contributed by atoms with Crippen LogP contribution in [0.5, 0.6) is 0 Å². The van der Waals surface area contributed by atoms with Crippen molar-refractivity contribution in [2.75, 3.05) is 50.8 Å². The number of carbonyl (C=O) groups excluding carboxylic acids is 2. The molecule has 0 spiro atoms. The second kappa shape index (κ2) is 8.35. The van der Waals surface area contributed by atoms with Gasteiger partial charge in [0.25, 0.3) is 5.91 Å². The van der Waals surface area contributed by atoms with Crippen LogP contribution in [0.4, 0.5) is 14.9 Å². The van der Waals surface area contributed by atoms with Crippen molar-refractivity contribution in [1.82, 2.24) is 10.2 Å². The number of rotatable bonds is 5. The molecule has 8 heteroatoms. The molecule has 0 unspecified atom stereocenters. The van der Waals surface area contributed by atoms with Crippen molar-refractivity contribution < 1.29 is 23.5 Å². The van der Waals surface area contributed by atoms with Gasteiger partial charge in [0.2, 0.25) is 0 Å². The second-order valence-electron chi connectivity index (χ2n) is 6.43. The molecule has 1 aromatic rings. The minimum Gasteiger partial charge on any atom is -0.436 e. The van der Waals surface area contributed by atoms with Crippen molar-refractivity contribution in [3.63, 3.8) is 0 Å². The molecule has 2 aliphatic heterocycles. The Kier molecular flexibility index (Phi) is 5.92. The van der Waals surface area contributed by atoms with E-state index in [2.05, 4.69) is 10.2 Å². The minimum absolute atomic E-state index is 0.227. The summed E-state index contributed by atoms with van der Waals surface area (Å²) in [5.74, 6) is -0.556. The fraction of sp³-hybridized carbons (Fsp3) is 0.556. The van der Waals surface area contributed by atoms with E-state index < -0.39 is 12.2 Å². The first-order valence-corrected chi connectivity index (χ1v) is 8.89. The van der Waals surface area contributed by atoms with Gasteiger partial charge in [-0.3, -0.25) is 4.79 Å². The zero-order valence-corrected chi connectivity index (χ0v) is 14.9. The number of nitrogens with zero attached hydrogens (tertiary/aromatic N) is 2. The number of halogens is 1. The lowest BCUT2D eigenvalue weighted by atomic mass is 10.2. The van der Waals surface area contributed by atoms with E-state index in [1.54, 1.807) is 19.1 Å². The molecule has 0 aromatic heterocycles. The number of hydrogen-bond acceptors (Lipinski definition) is 5. The fourth-order valence-corrected chi connectivity index (χ4v) is 3.15. The van der Waals surface area contributed by atoms with Gasteiger partial charge in [0, 0.05) is 38.4 Å². The van der Waals surface area contributed by atoms with Gasteiger partial charge in [-0.2, -0.15) is 0 Å². The Morgan fingerprint density at radius 2 is 2.08 bits per heavy atom. The number of morpholine rings is 1. The van der Waals surface area contributed by atoms with E-state index in [0.29, 0.717) is 39.4 Å². The van der Waals surface area contributed by atoms with E-state index in [1.165, 1.54) is 11.0 Å². The molecule has 2 amide bonds. The molecule has 142 valence electrons. The normalized spacial score (nSPS) is 17.6. The predicted octanol–water partition coefficient (Wildman–Crippen LogP) is 1.16. The predicted molar refractivity (Wildman–Crippen MR) is 93.7 cm³/mol. The number of carbonyl (C=O) groups is 2. The van der Waals surface area contributed by atoms with Gasteiger partial charge in [0.1, 0.15) is 5.82 Å². The summed E-state index contributed by atoms with van der Waals surface area (Å²) in [5.41, 5.74) is 2.00. The van der Waals surface area contributed by atoms with Crippen LogP contribution in [0.25, 0.3) is 0 Å². The Hall–Kier alpha value is -2.35. The molecule has 0 aliphatic carbocycles. The average Bonchev–Trinajstić information content (AvgIpc) is 3.04. The maximum absolute atomic E-state index is 13.2. The molecule has 0 radical (unpaired) electrons. The summed E-state index contributed by atoms with van der Waals surface area (Å²) < 4.78 is 23.6. The van der Waals surface area contributed by atoms with Crippen LogP contribution in [0.3, 0.4) is 0 Å². The fourth-order valence-electron chi connectivity index (χ4n) is 3.15. The molecule has 1 atom stereocenters. The van der Waals surface area contributed by atoms with Gasteiger partial charge in [-0.15, -0.1) is 0 Å². The standard InChI is InChI=1S/C18H24FN3O4/c1-13(26-18(24)22-8-10-25-11-9-22)17(23)20-5-7-21-6-4-14-12-15(19)2-3-16(14)21/h2-3,12-13H,4-11H2,1H3,(H,20,23)/t13-/m0/s1. The number of amides is 2. The van der Waals surface area contributed by atoms with Crippen LogP contribution >= 0.6 is 0 Å². The molecule has 0 saturated carbocycles. The molecular formula is C18H24FN3O4. The van der Waals surface area contributed by atoms with Gasteiger partial charge in [0.15, 0.2) is 6.10 Å². The first-order chi connectivity index (χ1) is 12.5. The summed E-state index contributed by atoms with van der Waals surface area (Å²) in [4.78, 5) is 27.8. The average molecular weight is 365 g/mol. The summed E-state index contributed by atoms with van der Waals surface area (Å²) >= 11 is 0. The summed E-state index contributed by atoms with van der Waals surface area (Å²) in [7, 11) is 0. The number of nitrogens with one attached hydrogen (secondary N) is 1. The quantitative estimate of drug-likeness (QED) is 0.848. The van der Waals surface area contributed by atoms with Crippen LogP contribution in [-0.4, -0.2) is 68.9 Å². The van der Waals surface area contributed by atoms with E-state index in [1.807, 2.05) is 0 Å². The van der Waals surface area contributed by atoms with Crippen molar-refractivity contribution in [3.8, 4) is 0 Å². The molecule has 1 fully saturated rings. The first kappa shape index (κ1) is 18.4.